The Hall–Kier alpha value is -1.89. The fourth-order valence-electron chi connectivity index (χ4n) is 4.64. The summed E-state index contributed by atoms with van der Waals surface area (Å²) in [7, 11) is 0. The van der Waals surface area contributed by atoms with Crippen LogP contribution in [0.3, 0.4) is 0 Å². The molecule has 1 aliphatic carbocycles. The van der Waals surface area contributed by atoms with Gasteiger partial charge in [0.1, 0.15) is 4.83 Å². The molecular formula is C20H27N3O3S. The van der Waals surface area contributed by atoms with Crippen LogP contribution in [0.4, 0.5) is 0 Å². The van der Waals surface area contributed by atoms with Crippen molar-refractivity contribution >= 4 is 27.5 Å². The highest BCUT2D eigenvalue weighted by Crippen LogP contribution is 2.35. The lowest BCUT2D eigenvalue weighted by Crippen LogP contribution is -2.41. The van der Waals surface area contributed by atoms with Gasteiger partial charge < -0.3 is 4.90 Å². The van der Waals surface area contributed by atoms with Crippen LogP contribution < -0.4 is 11.2 Å². The lowest BCUT2D eigenvalue weighted by Gasteiger charge is -2.33. The third-order valence-electron chi connectivity index (χ3n) is 6.03. The molecule has 0 saturated heterocycles. The zero-order chi connectivity index (χ0) is 19.1. The summed E-state index contributed by atoms with van der Waals surface area (Å²) < 4.78 is 1.30. The van der Waals surface area contributed by atoms with E-state index in [1.165, 1.54) is 22.3 Å². The monoisotopic (exact) mass is 389 g/mol. The van der Waals surface area contributed by atoms with Gasteiger partial charge in [-0.1, -0.05) is 26.7 Å². The molecule has 0 bridgehead atoms. The van der Waals surface area contributed by atoms with Crippen LogP contribution in [0.25, 0.3) is 10.2 Å². The Labute approximate surface area is 162 Å². The molecule has 27 heavy (non-hydrogen) atoms. The highest BCUT2D eigenvalue weighted by molar-refractivity contribution is 7.18. The number of carbonyl (C=O) groups is 1. The minimum Gasteiger partial charge on any atom is -0.337 e. The van der Waals surface area contributed by atoms with Gasteiger partial charge in [0.25, 0.3) is 5.56 Å². The highest BCUT2D eigenvalue weighted by atomic mass is 32.1. The average molecular weight is 390 g/mol. The third kappa shape index (κ3) is 3.26. The van der Waals surface area contributed by atoms with Crippen molar-refractivity contribution in [2.75, 3.05) is 6.54 Å². The number of hydrogen-bond acceptors (Lipinski definition) is 4. The number of fused-ring (bicyclic) bond motifs is 3. The minimum absolute atomic E-state index is 0.145. The van der Waals surface area contributed by atoms with Crippen LogP contribution in [0.5, 0.6) is 0 Å². The number of thiophene rings is 1. The summed E-state index contributed by atoms with van der Waals surface area (Å²) in [6, 6.07) is 0. The Bertz CT molecular complexity index is 987. The van der Waals surface area contributed by atoms with E-state index in [1.54, 1.807) is 0 Å². The first-order chi connectivity index (χ1) is 13.0. The number of aromatic amines is 1. The van der Waals surface area contributed by atoms with Crippen molar-refractivity contribution in [3.05, 3.63) is 31.3 Å². The molecule has 1 aliphatic heterocycles. The second-order valence-corrected chi connectivity index (χ2v) is 9.18. The van der Waals surface area contributed by atoms with Crippen molar-refractivity contribution in [3.63, 3.8) is 0 Å². The van der Waals surface area contributed by atoms with E-state index in [-0.39, 0.29) is 23.1 Å². The Balaban J connectivity index is 1.64. The molecular weight excluding hydrogens is 362 g/mol. The lowest BCUT2D eigenvalue weighted by molar-refractivity contribution is -0.138. The maximum absolute atomic E-state index is 13.0. The molecule has 1 fully saturated rings. The molecule has 1 N–H and O–H groups in total. The van der Waals surface area contributed by atoms with Gasteiger partial charge in [0, 0.05) is 23.9 Å². The van der Waals surface area contributed by atoms with Gasteiger partial charge in [-0.25, -0.2) is 4.79 Å². The summed E-state index contributed by atoms with van der Waals surface area (Å²) >= 11 is 1.46. The Morgan fingerprint density at radius 2 is 2.11 bits per heavy atom. The standard InChI is InChI=1S/C20H27N3O3S/c1-3-8-23-19(25)16-14-7-9-22(11-15(14)27-17(16)21-20(23)26)18(24)13-6-4-5-12(2)10-13/h12-13H,3-11H2,1-2H3,(H,21,26)/t12-,13-/m0/s1. The van der Waals surface area contributed by atoms with Crippen LogP contribution in [0.1, 0.15) is 56.4 Å². The summed E-state index contributed by atoms with van der Waals surface area (Å²) in [6.07, 6.45) is 5.77. The molecule has 146 valence electrons. The van der Waals surface area contributed by atoms with E-state index in [0.717, 1.165) is 36.1 Å². The van der Waals surface area contributed by atoms with Crippen LogP contribution >= 0.6 is 11.3 Å². The fourth-order valence-corrected chi connectivity index (χ4v) is 5.89. The predicted octanol–water partition coefficient (Wildman–Crippen LogP) is 2.87. The number of nitrogens with one attached hydrogen (secondary N) is 1. The fraction of sp³-hybridized carbons (Fsp3) is 0.650. The second-order valence-electron chi connectivity index (χ2n) is 8.07. The van der Waals surface area contributed by atoms with Crippen molar-refractivity contribution < 1.29 is 4.79 Å². The van der Waals surface area contributed by atoms with Gasteiger partial charge in [-0.3, -0.25) is 19.1 Å². The molecule has 6 nitrogen and oxygen atoms in total. The van der Waals surface area contributed by atoms with E-state index >= 15 is 0 Å². The quantitative estimate of drug-likeness (QED) is 0.877. The number of carbonyl (C=O) groups excluding carboxylic acids is 1. The summed E-state index contributed by atoms with van der Waals surface area (Å²) in [5.74, 6) is 1.03. The maximum Gasteiger partial charge on any atom is 0.329 e. The molecule has 1 amide bonds. The van der Waals surface area contributed by atoms with Crippen LogP contribution in [-0.4, -0.2) is 26.9 Å². The molecule has 2 atom stereocenters. The molecule has 0 radical (unpaired) electrons. The first-order valence-electron chi connectivity index (χ1n) is 10.1. The van der Waals surface area contributed by atoms with Gasteiger partial charge >= 0.3 is 5.69 Å². The maximum atomic E-state index is 13.0. The minimum atomic E-state index is -0.336. The van der Waals surface area contributed by atoms with E-state index in [0.29, 0.717) is 42.2 Å². The van der Waals surface area contributed by atoms with Gasteiger partial charge in [0.05, 0.1) is 11.9 Å². The average Bonchev–Trinajstić information content (AvgIpc) is 3.01. The third-order valence-corrected chi connectivity index (χ3v) is 7.16. The van der Waals surface area contributed by atoms with E-state index in [1.807, 2.05) is 11.8 Å². The van der Waals surface area contributed by atoms with E-state index < -0.39 is 0 Å². The number of rotatable bonds is 3. The summed E-state index contributed by atoms with van der Waals surface area (Å²) in [4.78, 5) is 44.6. The Kier molecular flexibility index (Phi) is 4.97. The van der Waals surface area contributed by atoms with Crippen molar-refractivity contribution in [3.8, 4) is 0 Å². The molecule has 2 aliphatic rings. The van der Waals surface area contributed by atoms with Crippen molar-refractivity contribution in [2.24, 2.45) is 11.8 Å². The normalized spacial score (nSPS) is 22.8. The lowest BCUT2D eigenvalue weighted by atomic mass is 9.81. The molecule has 2 aromatic rings. The second kappa shape index (κ2) is 7.26. The van der Waals surface area contributed by atoms with E-state index in [9.17, 15) is 14.4 Å². The summed E-state index contributed by atoms with van der Waals surface area (Å²) in [5.41, 5.74) is 0.508. The summed E-state index contributed by atoms with van der Waals surface area (Å²) in [6.45, 7) is 5.84. The molecule has 0 aromatic carbocycles. The number of aromatic nitrogens is 2. The van der Waals surface area contributed by atoms with Gasteiger partial charge in [0.15, 0.2) is 0 Å². The van der Waals surface area contributed by atoms with Gasteiger partial charge in [-0.15, -0.1) is 11.3 Å². The van der Waals surface area contributed by atoms with Crippen molar-refractivity contribution in [1.29, 1.82) is 0 Å². The zero-order valence-corrected chi connectivity index (χ0v) is 16.9. The molecule has 2 aromatic heterocycles. The molecule has 0 unspecified atom stereocenters. The molecule has 4 rings (SSSR count). The molecule has 0 spiro atoms. The largest absolute Gasteiger partial charge is 0.337 e. The van der Waals surface area contributed by atoms with Crippen LogP contribution in [0, 0.1) is 11.8 Å². The number of amides is 1. The Morgan fingerprint density at radius 3 is 2.85 bits per heavy atom. The van der Waals surface area contributed by atoms with E-state index in [4.69, 9.17) is 0 Å². The topological polar surface area (TPSA) is 75.2 Å². The highest BCUT2D eigenvalue weighted by Gasteiger charge is 2.32. The SMILES string of the molecule is CCCn1c(=O)[nH]c2sc3c(c2c1=O)CCN(C(=O)[C@H]1CCC[C@H](C)C1)C3. The number of hydrogen-bond donors (Lipinski definition) is 1. The zero-order valence-electron chi connectivity index (χ0n) is 16.0. The molecule has 1 saturated carbocycles. The van der Waals surface area contributed by atoms with Gasteiger partial charge in [-0.2, -0.15) is 0 Å². The number of nitrogens with zero attached hydrogens (tertiary/aromatic N) is 2. The first-order valence-corrected chi connectivity index (χ1v) is 10.9. The van der Waals surface area contributed by atoms with Gasteiger partial charge in [0.2, 0.25) is 5.91 Å². The predicted molar refractivity (Wildman–Crippen MR) is 107 cm³/mol. The summed E-state index contributed by atoms with van der Waals surface area (Å²) in [5, 5.41) is 0.654. The van der Waals surface area contributed by atoms with E-state index in [2.05, 4.69) is 11.9 Å². The van der Waals surface area contributed by atoms with Gasteiger partial charge in [-0.05, 0) is 37.2 Å². The van der Waals surface area contributed by atoms with Crippen molar-refractivity contribution in [1.82, 2.24) is 14.5 Å². The smallest absolute Gasteiger partial charge is 0.329 e. The molecule has 7 heteroatoms. The Morgan fingerprint density at radius 1 is 1.30 bits per heavy atom. The first kappa shape index (κ1) is 18.5. The van der Waals surface area contributed by atoms with Crippen LogP contribution in [0.15, 0.2) is 9.59 Å². The van der Waals surface area contributed by atoms with Crippen LogP contribution in [0.2, 0.25) is 0 Å². The molecule has 3 heterocycles. The van der Waals surface area contributed by atoms with Crippen molar-refractivity contribution in [2.45, 2.75) is 65.5 Å². The number of H-pyrrole nitrogens is 1. The van der Waals surface area contributed by atoms with Crippen LogP contribution in [-0.2, 0) is 24.3 Å².